The third kappa shape index (κ3) is 0.677. The standard InChI is InChI=1S/C11H10Br2/c12-11(13)9-5-1-2-6-10(9,11)8-4-3-7-9/h1-3,5-7H,4,8H2. The van der Waals surface area contributed by atoms with E-state index >= 15 is 0 Å². The van der Waals surface area contributed by atoms with Crippen LogP contribution in [0.25, 0.3) is 0 Å². The number of hydrogen-bond donors (Lipinski definition) is 0. The van der Waals surface area contributed by atoms with Gasteiger partial charge in [0.25, 0.3) is 0 Å². The van der Waals surface area contributed by atoms with Crippen molar-refractivity contribution in [3.05, 3.63) is 36.5 Å². The molecule has 3 aliphatic rings. The molecule has 0 radical (unpaired) electrons. The summed E-state index contributed by atoms with van der Waals surface area (Å²) in [6, 6.07) is 0. The lowest BCUT2D eigenvalue weighted by atomic mass is 9.81. The molecule has 3 aliphatic carbocycles. The van der Waals surface area contributed by atoms with Crippen molar-refractivity contribution in [3.8, 4) is 0 Å². The van der Waals surface area contributed by atoms with Crippen LogP contribution in [0.1, 0.15) is 12.8 Å². The Morgan fingerprint density at radius 3 is 2.54 bits per heavy atom. The molecule has 0 aromatic rings. The van der Waals surface area contributed by atoms with Gasteiger partial charge in [-0.05, 0) is 12.8 Å². The second-order valence-corrected chi connectivity index (χ2v) is 7.52. The quantitative estimate of drug-likeness (QED) is 0.470. The molecule has 0 aromatic carbocycles. The summed E-state index contributed by atoms with van der Waals surface area (Å²) in [5, 5.41) is 0. The van der Waals surface area contributed by atoms with E-state index in [0.29, 0.717) is 5.41 Å². The van der Waals surface area contributed by atoms with Crippen LogP contribution in [-0.4, -0.2) is 3.23 Å². The Hall–Kier alpha value is 0.180. The highest BCUT2D eigenvalue weighted by molar-refractivity contribution is 9.25. The normalized spacial score (nSPS) is 48.5. The Bertz CT molecular complexity index is 351. The molecule has 1 fully saturated rings. The zero-order chi connectivity index (χ0) is 9.16. The molecule has 0 aromatic heterocycles. The van der Waals surface area contributed by atoms with E-state index in [2.05, 4.69) is 68.3 Å². The molecule has 1 saturated carbocycles. The van der Waals surface area contributed by atoms with E-state index in [4.69, 9.17) is 0 Å². The highest BCUT2D eigenvalue weighted by Gasteiger charge is 2.82. The number of allylic oxidation sites excluding steroid dienone is 6. The van der Waals surface area contributed by atoms with Gasteiger partial charge in [0.05, 0.1) is 0 Å². The van der Waals surface area contributed by atoms with E-state index < -0.39 is 0 Å². The van der Waals surface area contributed by atoms with E-state index in [-0.39, 0.29) is 8.65 Å². The van der Waals surface area contributed by atoms with Gasteiger partial charge in [0.15, 0.2) is 0 Å². The molecule has 0 saturated heterocycles. The molecule has 0 N–H and O–H groups in total. The summed E-state index contributed by atoms with van der Waals surface area (Å²) in [5.74, 6) is 0. The maximum Gasteiger partial charge on any atom is 0.104 e. The second-order valence-electron chi connectivity index (χ2n) is 4.07. The number of halogens is 2. The first kappa shape index (κ1) is 8.49. The first-order chi connectivity index (χ1) is 6.16. The Balaban J connectivity index is 2.23. The van der Waals surface area contributed by atoms with Crippen LogP contribution < -0.4 is 0 Å². The van der Waals surface area contributed by atoms with Crippen LogP contribution >= 0.6 is 31.9 Å². The number of rotatable bonds is 0. The van der Waals surface area contributed by atoms with Crippen molar-refractivity contribution in [1.29, 1.82) is 0 Å². The smallest absolute Gasteiger partial charge is 0.0875 e. The van der Waals surface area contributed by atoms with Gasteiger partial charge in [0.1, 0.15) is 3.23 Å². The lowest BCUT2D eigenvalue weighted by Crippen LogP contribution is -2.12. The molecule has 0 nitrogen and oxygen atoms in total. The molecular weight excluding hydrogens is 292 g/mol. The van der Waals surface area contributed by atoms with E-state index in [0.717, 1.165) is 0 Å². The first-order valence-electron chi connectivity index (χ1n) is 4.59. The van der Waals surface area contributed by atoms with Crippen LogP contribution in [-0.2, 0) is 0 Å². The average molecular weight is 302 g/mol. The van der Waals surface area contributed by atoms with Crippen LogP contribution in [0.2, 0.25) is 0 Å². The first-order valence-corrected chi connectivity index (χ1v) is 6.18. The molecule has 2 atom stereocenters. The molecule has 0 heterocycles. The fraction of sp³-hybridized carbons (Fsp3) is 0.455. The van der Waals surface area contributed by atoms with Gasteiger partial charge in [-0.2, -0.15) is 0 Å². The van der Waals surface area contributed by atoms with Gasteiger partial charge in [-0.1, -0.05) is 68.3 Å². The number of alkyl halides is 2. The lowest BCUT2D eigenvalue weighted by Gasteiger charge is -2.21. The summed E-state index contributed by atoms with van der Waals surface area (Å²) >= 11 is 7.63. The third-order valence-corrected chi connectivity index (χ3v) is 6.42. The van der Waals surface area contributed by atoms with Crippen molar-refractivity contribution < 1.29 is 0 Å². The average Bonchev–Trinajstić information content (AvgIpc) is 2.61. The van der Waals surface area contributed by atoms with Crippen molar-refractivity contribution in [3.63, 3.8) is 0 Å². The molecule has 68 valence electrons. The van der Waals surface area contributed by atoms with Gasteiger partial charge in [-0.15, -0.1) is 0 Å². The molecule has 2 unspecified atom stereocenters. The van der Waals surface area contributed by atoms with E-state index in [1.54, 1.807) is 0 Å². The third-order valence-electron chi connectivity index (χ3n) is 3.69. The Labute approximate surface area is 95.0 Å². The molecule has 13 heavy (non-hydrogen) atoms. The van der Waals surface area contributed by atoms with Crippen molar-refractivity contribution in [1.82, 2.24) is 0 Å². The van der Waals surface area contributed by atoms with Crippen molar-refractivity contribution in [2.75, 3.05) is 0 Å². The fourth-order valence-electron chi connectivity index (χ4n) is 2.87. The summed E-state index contributed by atoms with van der Waals surface area (Å²) in [4.78, 5) is 0. The van der Waals surface area contributed by atoms with Crippen molar-refractivity contribution >= 4 is 31.9 Å². The van der Waals surface area contributed by atoms with Crippen LogP contribution in [0, 0.1) is 10.8 Å². The molecule has 0 spiro atoms. The van der Waals surface area contributed by atoms with Gasteiger partial charge in [-0.25, -0.2) is 0 Å². The van der Waals surface area contributed by atoms with Gasteiger partial charge < -0.3 is 0 Å². The Kier molecular flexibility index (Phi) is 1.45. The molecule has 0 aliphatic heterocycles. The zero-order valence-corrected chi connectivity index (χ0v) is 10.3. The molecule has 0 amide bonds. The lowest BCUT2D eigenvalue weighted by molar-refractivity contribution is 0.484. The molecule has 3 rings (SSSR count). The summed E-state index contributed by atoms with van der Waals surface area (Å²) in [6.07, 6.45) is 16.1. The minimum absolute atomic E-state index is 0.0660. The van der Waals surface area contributed by atoms with Gasteiger partial charge in [0.2, 0.25) is 0 Å². The van der Waals surface area contributed by atoms with Gasteiger partial charge >= 0.3 is 0 Å². The highest BCUT2D eigenvalue weighted by Crippen LogP contribution is 2.85. The summed E-state index contributed by atoms with van der Waals surface area (Å²) in [6.45, 7) is 0. The van der Waals surface area contributed by atoms with Gasteiger partial charge in [0, 0.05) is 10.8 Å². The molecule has 2 heteroatoms. The predicted molar refractivity (Wildman–Crippen MR) is 62.1 cm³/mol. The topological polar surface area (TPSA) is 0 Å². The zero-order valence-electron chi connectivity index (χ0n) is 7.13. The van der Waals surface area contributed by atoms with E-state index in [1.807, 2.05) is 0 Å². The fourth-order valence-corrected chi connectivity index (χ4v) is 5.23. The number of hydrogen-bond acceptors (Lipinski definition) is 0. The summed E-state index contributed by atoms with van der Waals surface area (Å²) in [5.41, 5.74) is 0.497. The maximum atomic E-state index is 3.82. The van der Waals surface area contributed by atoms with Crippen molar-refractivity contribution in [2.24, 2.45) is 10.8 Å². The summed E-state index contributed by atoms with van der Waals surface area (Å²) < 4.78 is 0.0660. The Morgan fingerprint density at radius 2 is 1.77 bits per heavy atom. The molecule has 0 bridgehead atoms. The van der Waals surface area contributed by atoms with Crippen LogP contribution in [0.4, 0.5) is 0 Å². The summed E-state index contributed by atoms with van der Waals surface area (Å²) in [7, 11) is 0. The highest BCUT2D eigenvalue weighted by atomic mass is 79.9. The Morgan fingerprint density at radius 1 is 1.00 bits per heavy atom. The maximum absolute atomic E-state index is 3.82. The predicted octanol–water partition coefficient (Wildman–Crippen LogP) is 3.93. The van der Waals surface area contributed by atoms with E-state index in [1.165, 1.54) is 12.8 Å². The largest absolute Gasteiger partial charge is 0.104 e. The monoisotopic (exact) mass is 300 g/mol. The second kappa shape index (κ2) is 2.22. The minimum Gasteiger partial charge on any atom is -0.0875 e. The minimum atomic E-state index is 0.0660. The van der Waals surface area contributed by atoms with Crippen LogP contribution in [0.3, 0.4) is 0 Å². The van der Waals surface area contributed by atoms with Gasteiger partial charge in [-0.3, -0.25) is 0 Å². The van der Waals surface area contributed by atoms with E-state index in [9.17, 15) is 0 Å². The van der Waals surface area contributed by atoms with Crippen LogP contribution in [0.5, 0.6) is 0 Å². The molecular formula is C11H10Br2. The van der Waals surface area contributed by atoms with Crippen LogP contribution in [0.15, 0.2) is 36.5 Å². The van der Waals surface area contributed by atoms with Crippen molar-refractivity contribution in [2.45, 2.75) is 16.1 Å². The SMILES string of the molecule is BrC1(Br)C23C=CC=CC12CCC=C3.